The van der Waals surface area contributed by atoms with E-state index in [0.29, 0.717) is 18.8 Å². The third kappa shape index (κ3) is 1.42. The lowest BCUT2D eigenvalue weighted by molar-refractivity contribution is -0.151. The molecule has 3 rings (SSSR count). The molecular weight excluding hydrogens is 232 g/mol. The normalized spacial score (nSPS) is 34.1. The molecule has 5 heteroatoms. The highest BCUT2D eigenvalue weighted by molar-refractivity contribution is 6.19. The number of nitrogens with one attached hydrogen (secondary N) is 1. The summed E-state index contributed by atoms with van der Waals surface area (Å²) < 4.78 is 0. The van der Waals surface area contributed by atoms with Crippen LogP contribution in [0.2, 0.25) is 0 Å². The fourth-order valence-corrected chi connectivity index (χ4v) is 3.40. The number of hydrogen-bond donors (Lipinski definition) is 1. The average Bonchev–Trinajstić information content (AvgIpc) is 2.93. The number of imide groups is 2. The third-order valence-electron chi connectivity index (χ3n) is 4.70. The summed E-state index contributed by atoms with van der Waals surface area (Å²) in [5.74, 6) is -0.194. The summed E-state index contributed by atoms with van der Waals surface area (Å²) in [5.41, 5.74) is -0.936. The van der Waals surface area contributed by atoms with Gasteiger partial charge in [-0.05, 0) is 25.2 Å². The van der Waals surface area contributed by atoms with Crippen molar-refractivity contribution in [2.24, 2.45) is 11.3 Å². The molecule has 0 radical (unpaired) electrons. The van der Waals surface area contributed by atoms with Gasteiger partial charge in [-0.1, -0.05) is 26.2 Å². The summed E-state index contributed by atoms with van der Waals surface area (Å²) in [7, 11) is 0. The molecule has 3 aliphatic rings. The van der Waals surface area contributed by atoms with Crippen molar-refractivity contribution in [2.45, 2.75) is 51.5 Å². The Morgan fingerprint density at radius 3 is 2.50 bits per heavy atom. The van der Waals surface area contributed by atoms with Crippen LogP contribution in [0, 0.1) is 11.3 Å². The van der Waals surface area contributed by atoms with Crippen molar-refractivity contribution in [1.82, 2.24) is 10.2 Å². The van der Waals surface area contributed by atoms with Crippen molar-refractivity contribution in [3.8, 4) is 0 Å². The molecule has 2 aliphatic carbocycles. The van der Waals surface area contributed by atoms with E-state index in [-0.39, 0.29) is 17.9 Å². The summed E-state index contributed by atoms with van der Waals surface area (Å²) in [6.07, 6.45) is 4.82. The molecule has 0 aromatic rings. The first-order valence-electron chi connectivity index (χ1n) is 6.79. The van der Waals surface area contributed by atoms with Crippen LogP contribution in [0.5, 0.6) is 0 Å². The maximum atomic E-state index is 12.6. The van der Waals surface area contributed by atoms with Crippen LogP contribution in [0.3, 0.4) is 0 Å². The topological polar surface area (TPSA) is 66.5 Å². The standard InChI is InChI=1S/C13H18N2O3/c1-2-8-7-9(8)15-11(17)13(5-3-4-6-13)10(16)14-12(15)18/h8-9H,2-7H2,1H3,(H,14,16,18). The summed E-state index contributed by atoms with van der Waals surface area (Å²) in [6, 6.07) is -0.489. The van der Waals surface area contributed by atoms with Crippen molar-refractivity contribution in [1.29, 1.82) is 0 Å². The highest BCUT2D eigenvalue weighted by Gasteiger charge is 2.59. The molecule has 2 atom stereocenters. The number of barbiturate groups is 1. The zero-order valence-electron chi connectivity index (χ0n) is 10.6. The first kappa shape index (κ1) is 11.7. The monoisotopic (exact) mass is 250 g/mol. The van der Waals surface area contributed by atoms with Crippen LogP contribution in [0.15, 0.2) is 0 Å². The molecule has 1 N–H and O–H groups in total. The molecule has 98 valence electrons. The molecule has 0 bridgehead atoms. The first-order chi connectivity index (χ1) is 8.60. The van der Waals surface area contributed by atoms with E-state index >= 15 is 0 Å². The Hall–Kier alpha value is -1.39. The van der Waals surface area contributed by atoms with Gasteiger partial charge in [0.2, 0.25) is 11.8 Å². The van der Waals surface area contributed by atoms with Crippen LogP contribution >= 0.6 is 0 Å². The maximum Gasteiger partial charge on any atom is 0.331 e. The predicted molar refractivity (Wildman–Crippen MR) is 63.5 cm³/mol. The Morgan fingerprint density at radius 1 is 1.28 bits per heavy atom. The lowest BCUT2D eigenvalue weighted by Crippen LogP contribution is -2.63. The van der Waals surface area contributed by atoms with Crippen molar-refractivity contribution in [3.05, 3.63) is 0 Å². The van der Waals surface area contributed by atoms with Gasteiger partial charge in [0.25, 0.3) is 0 Å². The van der Waals surface area contributed by atoms with E-state index in [1.807, 2.05) is 0 Å². The van der Waals surface area contributed by atoms with E-state index < -0.39 is 11.4 Å². The van der Waals surface area contributed by atoms with Crippen LogP contribution < -0.4 is 5.32 Å². The summed E-state index contributed by atoms with van der Waals surface area (Å²) in [4.78, 5) is 37.8. The molecule has 1 saturated heterocycles. The van der Waals surface area contributed by atoms with Crippen molar-refractivity contribution < 1.29 is 14.4 Å². The van der Waals surface area contributed by atoms with E-state index in [9.17, 15) is 14.4 Å². The van der Waals surface area contributed by atoms with Crippen LogP contribution in [0.25, 0.3) is 0 Å². The van der Waals surface area contributed by atoms with Crippen LogP contribution in [-0.4, -0.2) is 28.8 Å². The van der Waals surface area contributed by atoms with Crippen molar-refractivity contribution in [3.63, 3.8) is 0 Å². The Labute approximate surface area is 106 Å². The zero-order valence-corrected chi connectivity index (χ0v) is 10.6. The minimum absolute atomic E-state index is 0.0214. The van der Waals surface area contributed by atoms with Crippen LogP contribution in [0.1, 0.15) is 45.4 Å². The van der Waals surface area contributed by atoms with Gasteiger partial charge < -0.3 is 0 Å². The van der Waals surface area contributed by atoms with Crippen LogP contribution in [-0.2, 0) is 9.59 Å². The number of urea groups is 1. The summed E-state index contributed by atoms with van der Waals surface area (Å²) >= 11 is 0. The average molecular weight is 250 g/mol. The molecule has 3 fully saturated rings. The third-order valence-corrected chi connectivity index (χ3v) is 4.70. The number of carbonyl (C=O) groups excluding carboxylic acids is 3. The molecule has 1 heterocycles. The molecule has 5 nitrogen and oxygen atoms in total. The Morgan fingerprint density at radius 2 is 1.94 bits per heavy atom. The fraction of sp³-hybridized carbons (Fsp3) is 0.769. The smallest absolute Gasteiger partial charge is 0.277 e. The minimum atomic E-state index is -0.936. The number of amides is 4. The lowest BCUT2D eigenvalue weighted by Gasteiger charge is -2.37. The SMILES string of the molecule is CCC1CC1N1C(=O)NC(=O)C2(CCCC2)C1=O. The number of nitrogens with zero attached hydrogens (tertiary/aromatic N) is 1. The van der Waals surface area contributed by atoms with Crippen molar-refractivity contribution >= 4 is 17.8 Å². The van der Waals surface area contributed by atoms with Gasteiger partial charge in [-0.2, -0.15) is 0 Å². The second kappa shape index (κ2) is 3.80. The molecule has 2 saturated carbocycles. The predicted octanol–water partition coefficient (Wildman–Crippen LogP) is 1.42. The number of rotatable bonds is 2. The highest BCUT2D eigenvalue weighted by atomic mass is 16.2. The molecule has 2 unspecified atom stereocenters. The van der Waals surface area contributed by atoms with Gasteiger partial charge >= 0.3 is 6.03 Å². The largest absolute Gasteiger partial charge is 0.331 e. The molecule has 0 aromatic carbocycles. The zero-order chi connectivity index (χ0) is 12.9. The number of carbonyl (C=O) groups is 3. The molecule has 18 heavy (non-hydrogen) atoms. The Kier molecular flexibility index (Phi) is 2.47. The van der Waals surface area contributed by atoms with E-state index in [2.05, 4.69) is 12.2 Å². The quantitative estimate of drug-likeness (QED) is 0.754. The minimum Gasteiger partial charge on any atom is -0.277 e. The van der Waals surface area contributed by atoms with Crippen LogP contribution in [0.4, 0.5) is 4.79 Å². The van der Waals surface area contributed by atoms with E-state index in [0.717, 1.165) is 25.7 Å². The van der Waals surface area contributed by atoms with E-state index in [1.165, 1.54) is 4.90 Å². The Bertz CT molecular complexity index is 426. The molecule has 4 amide bonds. The van der Waals surface area contributed by atoms with E-state index in [1.54, 1.807) is 0 Å². The second-order valence-electron chi connectivity index (χ2n) is 5.70. The summed E-state index contributed by atoms with van der Waals surface area (Å²) in [6.45, 7) is 2.06. The lowest BCUT2D eigenvalue weighted by atomic mass is 9.82. The number of hydrogen-bond acceptors (Lipinski definition) is 3. The van der Waals surface area contributed by atoms with Gasteiger partial charge in [0.05, 0.1) is 0 Å². The van der Waals surface area contributed by atoms with Gasteiger partial charge in [-0.15, -0.1) is 0 Å². The maximum absolute atomic E-state index is 12.6. The molecular formula is C13H18N2O3. The highest BCUT2D eigenvalue weighted by Crippen LogP contribution is 2.46. The van der Waals surface area contributed by atoms with Gasteiger partial charge in [0, 0.05) is 6.04 Å². The van der Waals surface area contributed by atoms with Gasteiger partial charge in [-0.25, -0.2) is 4.79 Å². The first-order valence-corrected chi connectivity index (χ1v) is 6.79. The fourth-order valence-electron chi connectivity index (χ4n) is 3.40. The van der Waals surface area contributed by atoms with Gasteiger partial charge in [0.15, 0.2) is 0 Å². The van der Waals surface area contributed by atoms with Gasteiger partial charge in [-0.3, -0.25) is 19.8 Å². The molecule has 0 aromatic heterocycles. The summed E-state index contributed by atoms with van der Waals surface area (Å²) in [5, 5.41) is 2.39. The Balaban J connectivity index is 1.89. The molecule has 1 spiro atoms. The van der Waals surface area contributed by atoms with Crippen molar-refractivity contribution in [2.75, 3.05) is 0 Å². The van der Waals surface area contributed by atoms with Gasteiger partial charge in [0.1, 0.15) is 5.41 Å². The molecule has 1 aliphatic heterocycles. The second-order valence-corrected chi connectivity index (χ2v) is 5.70. The van der Waals surface area contributed by atoms with E-state index in [4.69, 9.17) is 0 Å².